The monoisotopic (exact) mass is 299 g/mol. The number of hydrogen-bond donors (Lipinski definition) is 1. The summed E-state index contributed by atoms with van der Waals surface area (Å²) in [5.74, 6) is 0.945. The van der Waals surface area contributed by atoms with Crippen molar-refractivity contribution in [3.8, 4) is 11.8 Å². The molecule has 1 heterocycles. The Hall–Kier alpha value is -1.79. The summed E-state index contributed by atoms with van der Waals surface area (Å²) in [4.78, 5) is 13.7. The fourth-order valence-electron chi connectivity index (χ4n) is 1.25. The van der Waals surface area contributed by atoms with Gasteiger partial charge in [0.15, 0.2) is 0 Å². The van der Waals surface area contributed by atoms with Crippen molar-refractivity contribution in [1.29, 1.82) is 0 Å². The van der Waals surface area contributed by atoms with Crippen LogP contribution in [0.1, 0.15) is 0 Å². The maximum absolute atomic E-state index is 5.90. The second kappa shape index (κ2) is 5.46. The fraction of sp³-hybridized carbons (Fsp3) is 0.182. The molecule has 0 aliphatic carbocycles. The number of nitrogen functional groups attached to an aromatic ring is 1. The first kappa shape index (κ1) is 13.6. The normalized spacial score (nSPS) is 10.3. The Bertz CT molecular complexity index is 606. The second-order valence-corrected chi connectivity index (χ2v) is 4.66. The summed E-state index contributed by atoms with van der Waals surface area (Å²) in [5, 5.41) is 0.826. The molecule has 2 aromatic rings. The van der Waals surface area contributed by atoms with E-state index in [0.29, 0.717) is 21.7 Å². The summed E-state index contributed by atoms with van der Waals surface area (Å²) in [6.07, 6.45) is 0. The average molecular weight is 300 g/mol. The molecule has 19 heavy (non-hydrogen) atoms. The Morgan fingerprint density at radius 1 is 1.11 bits per heavy atom. The number of rotatable bonds is 3. The number of halogens is 2. The molecule has 0 bridgehead atoms. The zero-order valence-corrected chi connectivity index (χ0v) is 11.8. The Kier molecular flexibility index (Phi) is 3.92. The standard InChI is InChI=1S/C11H11Cl2N5O/c1-18(2)10-15-9(14)16-11(17-10)19-6-3-4-7(12)8(13)5-6/h3-5H,1-2H3,(H2,14,15,16,17). The van der Waals surface area contributed by atoms with E-state index in [9.17, 15) is 0 Å². The van der Waals surface area contributed by atoms with Crippen molar-refractivity contribution in [3.63, 3.8) is 0 Å². The Morgan fingerprint density at radius 3 is 2.47 bits per heavy atom. The molecule has 8 heteroatoms. The molecule has 0 saturated carbocycles. The summed E-state index contributed by atoms with van der Waals surface area (Å²) in [6, 6.07) is 4.94. The number of nitrogens with two attached hydrogens (primary N) is 1. The number of benzene rings is 1. The molecule has 0 amide bonds. The maximum atomic E-state index is 5.90. The molecule has 0 aliphatic rings. The van der Waals surface area contributed by atoms with Gasteiger partial charge in [-0.1, -0.05) is 23.2 Å². The van der Waals surface area contributed by atoms with Crippen LogP contribution in [-0.2, 0) is 0 Å². The SMILES string of the molecule is CN(C)c1nc(N)nc(Oc2ccc(Cl)c(Cl)c2)n1. The van der Waals surface area contributed by atoms with E-state index in [4.69, 9.17) is 33.7 Å². The van der Waals surface area contributed by atoms with E-state index in [1.165, 1.54) is 0 Å². The van der Waals surface area contributed by atoms with Gasteiger partial charge in [-0.25, -0.2) is 0 Å². The summed E-state index contributed by atoms with van der Waals surface area (Å²) in [6.45, 7) is 0. The largest absolute Gasteiger partial charge is 0.424 e. The molecule has 1 aromatic carbocycles. The van der Waals surface area contributed by atoms with Crippen LogP contribution in [0.4, 0.5) is 11.9 Å². The molecule has 0 radical (unpaired) electrons. The van der Waals surface area contributed by atoms with Crippen LogP contribution >= 0.6 is 23.2 Å². The van der Waals surface area contributed by atoms with Crippen LogP contribution in [0.15, 0.2) is 18.2 Å². The number of anilines is 2. The minimum atomic E-state index is 0.0776. The molecule has 6 nitrogen and oxygen atoms in total. The lowest BCUT2D eigenvalue weighted by Gasteiger charge is -2.11. The lowest BCUT2D eigenvalue weighted by molar-refractivity contribution is 0.441. The molecular weight excluding hydrogens is 289 g/mol. The van der Waals surface area contributed by atoms with Gasteiger partial charge in [0, 0.05) is 20.2 Å². The highest BCUT2D eigenvalue weighted by atomic mass is 35.5. The Balaban J connectivity index is 2.29. The van der Waals surface area contributed by atoms with Gasteiger partial charge >= 0.3 is 6.01 Å². The first-order valence-corrected chi connectivity index (χ1v) is 6.03. The van der Waals surface area contributed by atoms with Crippen LogP contribution < -0.4 is 15.4 Å². The molecule has 0 spiro atoms. The van der Waals surface area contributed by atoms with Crippen LogP contribution in [0.3, 0.4) is 0 Å². The number of nitrogens with zero attached hydrogens (tertiary/aromatic N) is 4. The molecule has 0 aliphatic heterocycles. The molecule has 0 saturated heterocycles. The Morgan fingerprint density at radius 2 is 1.84 bits per heavy atom. The van der Waals surface area contributed by atoms with E-state index < -0.39 is 0 Å². The minimum absolute atomic E-state index is 0.0776. The average Bonchev–Trinajstić information content (AvgIpc) is 2.33. The molecule has 2 rings (SSSR count). The number of aromatic nitrogens is 3. The van der Waals surface area contributed by atoms with E-state index in [1.807, 2.05) is 0 Å². The van der Waals surface area contributed by atoms with E-state index in [2.05, 4.69) is 15.0 Å². The van der Waals surface area contributed by atoms with Crippen molar-refractivity contribution < 1.29 is 4.74 Å². The lowest BCUT2D eigenvalue weighted by atomic mass is 10.3. The third-order valence-corrected chi connectivity index (χ3v) is 2.86. The highest BCUT2D eigenvalue weighted by molar-refractivity contribution is 6.42. The van der Waals surface area contributed by atoms with Crippen LogP contribution in [0.2, 0.25) is 10.0 Å². The molecule has 0 atom stereocenters. The third-order valence-electron chi connectivity index (χ3n) is 2.12. The topological polar surface area (TPSA) is 77.2 Å². The third kappa shape index (κ3) is 3.36. The molecule has 2 N–H and O–H groups in total. The van der Waals surface area contributed by atoms with E-state index in [0.717, 1.165) is 0 Å². The van der Waals surface area contributed by atoms with Crippen LogP contribution in [0, 0.1) is 0 Å². The molecule has 100 valence electrons. The summed E-state index contributed by atoms with van der Waals surface area (Å²) in [7, 11) is 3.58. The van der Waals surface area contributed by atoms with Crippen molar-refractivity contribution in [1.82, 2.24) is 15.0 Å². The van der Waals surface area contributed by atoms with Gasteiger partial charge in [-0.3, -0.25) is 0 Å². The smallest absolute Gasteiger partial charge is 0.328 e. The highest BCUT2D eigenvalue weighted by Gasteiger charge is 2.09. The van der Waals surface area contributed by atoms with Gasteiger partial charge in [-0.15, -0.1) is 0 Å². The van der Waals surface area contributed by atoms with Crippen LogP contribution in [0.25, 0.3) is 0 Å². The van der Waals surface area contributed by atoms with E-state index in [1.54, 1.807) is 37.2 Å². The van der Waals surface area contributed by atoms with Gasteiger partial charge in [0.05, 0.1) is 10.0 Å². The van der Waals surface area contributed by atoms with E-state index in [-0.39, 0.29) is 12.0 Å². The van der Waals surface area contributed by atoms with E-state index >= 15 is 0 Å². The van der Waals surface area contributed by atoms with Gasteiger partial charge in [0.25, 0.3) is 0 Å². The van der Waals surface area contributed by atoms with Crippen molar-refractivity contribution >= 4 is 35.1 Å². The zero-order valence-electron chi connectivity index (χ0n) is 10.3. The zero-order chi connectivity index (χ0) is 14.0. The van der Waals surface area contributed by atoms with Gasteiger partial charge in [0.2, 0.25) is 11.9 Å². The highest BCUT2D eigenvalue weighted by Crippen LogP contribution is 2.28. The Labute approximate surface area is 120 Å². The second-order valence-electron chi connectivity index (χ2n) is 3.85. The predicted octanol–water partition coefficient (Wildman–Crippen LogP) is 2.62. The molecule has 0 fully saturated rings. The maximum Gasteiger partial charge on any atom is 0.328 e. The summed E-state index contributed by atoms with van der Waals surface area (Å²) in [5.41, 5.74) is 5.59. The quantitative estimate of drug-likeness (QED) is 0.939. The van der Waals surface area contributed by atoms with Crippen molar-refractivity contribution in [3.05, 3.63) is 28.2 Å². The molecule has 1 aromatic heterocycles. The van der Waals surface area contributed by atoms with Gasteiger partial charge in [-0.05, 0) is 12.1 Å². The molecular formula is C11H11Cl2N5O. The summed E-state index contributed by atoms with van der Waals surface area (Å²) >= 11 is 11.7. The first-order valence-electron chi connectivity index (χ1n) is 5.27. The summed E-state index contributed by atoms with van der Waals surface area (Å²) < 4.78 is 5.47. The lowest BCUT2D eigenvalue weighted by Crippen LogP contribution is -2.15. The van der Waals surface area contributed by atoms with Crippen molar-refractivity contribution in [2.75, 3.05) is 24.7 Å². The minimum Gasteiger partial charge on any atom is -0.424 e. The van der Waals surface area contributed by atoms with Crippen molar-refractivity contribution in [2.24, 2.45) is 0 Å². The first-order chi connectivity index (χ1) is 8.95. The van der Waals surface area contributed by atoms with Gasteiger partial charge in [0.1, 0.15) is 5.75 Å². The predicted molar refractivity (Wildman–Crippen MR) is 75.1 cm³/mol. The fourth-order valence-corrected chi connectivity index (χ4v) is 1.54. The number of hydrogen-bond acceptors (Lipinski definition) is 6. The van der Waals surface area contributed by atoms with Gasteiger partial charge < -0.3 is 15.4 Å². The van der Waals surface area contributed by atoms with Crippen LogP contribution in [0.5, 0.6) is 11.8 Å². The number of ether oxygens (including phenoxy) is 1. The van der Waals surface area contributed by atoms with Crippen LogP contribution in [-0.4, -0.2) is 29.0 Å². The molecule has 0 unspecified atom stereocenters. The van der Waals surface area contributed by atoms with Crippen molar-refractivity contribution in [2.45, 2.75) is 0 Å². The van der Waals surface area contributed by atoms with Gasteiger partial charge in [-0.2, -0.15) is 15.0 Å².